The van der Waals surface area contributed by atoms with Gasteiger partial charge in [0.05, 0.1) is 0 Å². The van der Waals surface area contributed by atoms with Crippen molar-refractivity contribution >= 4 is 33.2 Å². The predicted molar refractivity (Wildman–Crippen MR) is 97.4 cm³/mol. The lowest BCUT2D eigenvalue weighted by atomic mass is 10.0. The minimum absolute atomic E-state index is 0.141. The Kier molecular flexibility index (Phi) is 5.40. The summed E-state index contributed by atoms with van der Waals surface area (Å²) in [5.41, 5.74) is 0. The number of nitrogens with zero attached hydrogens (tertiary/aromatic N) is 2. The van der Waals surface area contributed by atoms with Gasteiger partial charge in [-0.15, -0.1) is 10.2 Å². The van der Waals surface area contributed by atoms with Crippen molar-refractivity contribution in [3.8, 4) is 0 Å². The summed E-state index contributed by atoms with van der Waals surface area (Å²) >= 11 is 0. The quantitative estimate of drug-likeness (QED) is 0.375. The number of hydrogen-bond acceptors (Lipinski definition) is 6. The van der Waals surface area contributed by atoms with Crippen LogP contribution in [0.3, 0.4) is 0 Å². The summed E-state index contributed by atoms with van der Waals surface area (Å²) in [4.78, 5) is 0. The minimum Gasteiger partial charge on any atom is -0.396 e. The maximum Gasteiger partial charge on any atom is 0.156 e. The highest BCUT2D eigenvalue weighted by atomic mass is 16.3. The van der Waals surface area contributed by atoms with E-state index < -0.39 is 0 Å². The molecule has 0 spiro atoms. The molecule has 0 radical (unpaired) electrons. The van der Waals surface area contributed by atoms with E-state index in [1.807, 2.05) is 12.1 Å². The Hall–Kier alpha value is -2.44. The molecule has 3 rings (SSSR count). The molecule has 126 valence electrons. The summed E-state index contributed by atoms with van der Waals surface area (Å²) in [6.45, 7) is 1.57. The van der Waals surface area contributed by atoms with Crippen LogP contribution in [0, 0.1) is 0 Å². The van der Waals surface area contributed by atoms with Crippen LogP contribution in [0.15, 0.2) is 36.4 Å². The number of anilines is 2. The number of rotatable bonds is 8. The van der Waals surface area contributed by atoms with Crippen LogP contribution >= 0.6 is 0 Å². The lowest BCUT2D eigenvalue weighted by Gasteiger charge is -2.13. The van der Waals surface area contributed by atoms with E-state index in [1.165, 1.54) is 0 Å². The summed E-state index contributed by atoms with van der Waals surface area (Å²) in [5, 5.41) is 37.3. The van der Waals surface area contributed by atoms with Gasteiger partial charge in [0.1, 0.15) is 0 Å². The molecule has 0 amide bonds. The van der Waals surface area contributed by atoms with Crippen molar-refractivity contribution in [3.05, 3.63) is 36.4 Å². The minimum atomic E-state index is 0.141. The molecular weight excluding hydrogens is 304 g/mol. The van der Waals surface area contributed by atoms with E-state index in [4.69, 9.17) is 10.2 Å². The first-order valence-corrected chi connectivity index (χ1v) is 8.22. The number of fused-ring (bicyclic) bond motifs is 2. The SMILES string of the molecule is OCCCNc1nnc(NCCCO)c2cc3ccccc3cc12. The van der Waals surface area contributed by atoms with Crippen molar-refractivity contribution in [1.29, 1.82) is 0 Å². The third-order valence-corrected chi connectivity index (χ3v) is 3.90. The number of benzene rings is 2. The number of hydrogen-bond donors (Lipinski definition) is 4. The van der Waals surface area contributed by atoms with Crippen molar-refractivity contribution in [1.82, 2.24) is 10.2 Å². The Labute approximate surface area is 140 Å². The van der Waals surface area contributed by atoms with E-state index >= 15 is 0 Å². The van der Waals surface area contributed by atoms with Gasteiger partial charge in [0, 0.05) is 37.1 Å². The first kappa shape index (κ1) is 16.4. The van der Waals surface area contributed by atoms with Crippen LogP contribution in [-0.4, -0.2) is 46.7 Å². The Morgan fingerprint density at radius 3 is 1.62 bits per heavy atom. The van der Waals surface area contributed by atoms with E-state index in [0.29, 0.717) is 25.9 Å². The highest BCUT2D eigenvalue weighted by molar-refractivity contribution is 6.06. The van der Waals surface area contributed by atoms with E-state index in [0.717, 1.165) is 33.2 Å². The molecule has 0 atom stereocenters. The van der Waals surface area contributed by atoms with Crippen LogP contribution in [-0.2, 0) is 0 Å². The van der Waals surface area contributed by atoms with Gasteiger partial charge in [-0.3, -0.25) is 0 Å². The molecule has 24 heavy (non-hydrogen) atoms. The van der Waals surface area contributed by atoms with Crippen LogP contribution in [0.5, 0.6) is 0 Å². The number of nitrogens with one attached hydrogen (secondary N) is 2. The summed E-state index contributed by atoms with van der Waals surface area (Å²) in [6, 6.07) is 12.4. The van der Waals surface area contributed by atoms with Crippen LogP contribution < -0.4 is 10.6 Å². The Bertz CT molecular complexity index is 755. The zero-order chi connectivity index (χ0) is 16.8. The summed E-state index contributed by atoms with van der Waals surface area (Å²) in [6.07, 6.45) is 1.32. The van der Waals surface area contributed by atoms with Gasteiger partial charge in [0.25, 0.3) is 0 Å². The standard InChI is InChI=1S/C18H22N4O2/c23-9-3-7-19-17-15-11-13-5-1-2-6-14(13)12-16(15)18(22-21-17)20-8-4-10-24/h1-2,5-6,11-12,23-24H,3-4,7-10H2,(H,19,21)(H,20,22). The molecule has 6 heteroatoms. The van der Waals surface area contributed by atoms with Crippen molar-refractivity contribution in [2.24, 2.45) is 0 Å². The molecule has 0 unspecified atom stereocenters. The molecule has 4 N–H and O–H groups in total. The van der Waals surface area contributed by atoms with Gasteiger partial charge in [-0.1, -0.05) is 24.3 Å². The molecule has 0 aliphatic carbocycles. The van der Waals surface area contributed by atoms with Crippen LogP contribution in [0.4, 0.5) is 11.6 Å². The zero-order valence-corrected chi connectivity index (χ0v) is 13.5. The van der Waals surface area contributed by atoms with Crippen molar-refractivity contribution in [3.63, 3.8) is 0 Å². The molecule has 2 aromatic carbocycles. The second kappa shape index (κ2) is 7.90. The van der Waals surface area contributed by atoms with Gasteiger partial charge in [-0.2, -0.15) is 0 Å². The van der Waals surface area contributed by atoms with Crippen LogP contribution in [0.2, 0.25) is 0 Å². The third kappa shape index (κ3) is 3.55. The average Bonchev–Trinajstić information content (AvgIpc) is 2.62. The van der Waals surface area contributed by atoms with Gasteiger partial charge in [0.2, 0.25) is 0 Å². The fourth-order valence-corrected chi connectivity index (χ4v) is 2.67. The molecular formula is C18H22N4O2. The van der Waals surface area contributed by atoms with Gasteiger partial charge in [-0.25, -0.2) is 0 Å². The summed E-state index contributed by atoms with van der Waals surface area (Å²) in [5.74, 6) is 1.44. The lowest BCUT2D eigenvalue weighted by Crippen LogP contribution is -2.10. The molecule has 0 saturated heterocycles. The third-order valence-electron chi connectivity index (χ3n) is 3.90. The Balaban J connectivity index is 2.05. The predicted octanol–water partition coefficient (Wildman–Crippen LogP) is 2.37. The van der Waals surface area contributed by atoms with Crippen molar-refractivity contribution < 1.29 is 10.2 Å². The monoisotopic (exact) mass is 326 g/mol. The van der Waals surface area contributed by atoms with E-state index in [2.05, 4.69) is 45.1 Å². The molecule has 0 saturated carbocycles. The first-order chi connectivity index (χ1) is 11.8. The Morgan fingerprint density at radius 1 is 0.750 bits per heavy atom. The first-order valence-electron chi connectivity index (χ1n) is 8.22. The van der Waals surface area contributed by atoms with Gasteiger partial charge in [0.15, 0.2) is 11.6 Å². The van der Waals surface area contributed by atoms with Crippen LogP contribution in [0.25, 0.3) is 21.5 Å². The molecule has 1 heterocycles. The maximum absolute atomic E-state index is 8.96. The second-order valence-corrected chi connectivity index (χ2v) is 5.65. The van der Waals surface area contributed by atoms with Crippen molar-refractivity contribution in [2.75, 3.05) is 36.9 Å². The normalized spacial score (nSPS) is 11.1. The number of aliphatic hydroxyl groups is 2. The largest absolute Gasteiger partial charge is 0.396 e. The molecule has 0 fully saturated rings. The van der Waals surface area contributed by atoms with Gasteiger partial charge in [-0.05, 0) is 35.7 Å². The summed E-state index contributed by atoms with van der Waals surface area (Å²) < 4.78 is 0. The molecule has 0 aliphatic heterocycles. The molecule has 0 aliphatic rings. The van der Waals surface area contributed by atoms with E-state index in [-0.39, 0.29) is 13.2 Å². The highest BCUT2D eigenvalue weighted by Gasteiger charge is 2.10. The smallest absolute Gasteiger partial charge is 0.156 e. The van der Waals surface area contributed by atoms with E-state index in [1.54, 1.807) is 0 Å². The number of aliphatic hydroxyl groups excluding tert-OH is 2. The highest BCUT2D eigenvalue weighted by Crippen LogP contribution is 2.30. The zero-order valence-electron chi connectivity index (χ0n) is 13.5. The molecule has 1 aromatic heterocycles. The maximum atomic E-state index is 8.96. The fourth-order valence-electron chi connectivity index (χ4n) is 2.67. The fraction of sp³-hybridized carbons (Fsp3) is 0.333. The van der Waals surface area contributed by atoms with Crippen molar-refractivity contribution in [2.45, 2.75) is 12.8 Å². The molecule has 0 bridgehead atoms. The summed E-state index contributed by atoms with van der Waals surface area (Å²) in [7, 11) is 0. The van der Waals surface area contributed by atoms with Gasteiger partial charge < -0.3 is 20.8 Å². The topological polar surface area (TPSA) is 90.3 Å². The molecule has 6 nitrogen and oxygen atoms in total. The second-order valence-electron chi connectivity index (χ2n) is 5.65. The number of aromatic nitrogens is 2. The average molecular weight is 326 g/mol. The van der Waals surface area contributed by atoms with Gasteiger partial charge >= 0.3 is 0 Å². The lowest BCUT2D eigenvalue weighted by molar-refractivity contribution is 0.292. The Morgan fingerprint density at radius 2 is 1.21 bits per heavy atom. The molecule has 3 aromatic rings. The van der Waals surface area contributed by atoms with E-state index in [9.17, 15) is 0 Å². The van der Waals surface area contributed by atoms with Crippen LogP contribution in [0.1, 0.15) is 12.8 Å².